The van der Waals surface area contributed by atoms with Crippen molar-refractivity contribution >= 4 is 5.70 Å². The van der Waals surface area contributed by atoms with Crippen molar-refractivity contribution in [3.63, 3.8) is 0 Å². The highest BCUT2D eigenvalue weighted by Crippen LogP contribution is 2.24. The molecule has 0 amide bonds. The van der Waals surface area contributed by atoms with Crippen molar-refractivity contribution in [3.05, 3.63) is 41.5 Å². The van der Waals surface area contributed by atoms with Crippen molar-refractivity contribution in [1.29, 1.82) is 0 Å². The third kappa shape index (κ3) is 1.67. The molecule has 0 saturated carbocycles. The van der Waals surface area contributed by atoms with E-state index in [4.69, 9.17) is 0 Å². The molecule has 0 spiro atoms. The first-order valence-corrected chi connectivity index (χ1v) is 5.36. The molecule has 0 fully saturated rings. The molecule has 0 bridgehead atoms. The van der Waals surface area contributed by atoms with Crippen molar-refractivity contribution in [3.8, 4) is 0 Å². The minimum Gasteiger partial charge on any atom is -0.382 e. The fourth-order valence-corrected chi connectivity index (χ4v) is 2.06. The molecule has 2 rings (SSSR count). The normalized spacial score (nSPS) is 23.0. The first-order chi connectivity index (χ1) is 6.81. The fraction of sp³-hybridized carbons (Fsp3) is 0.385. The molecule has 1 aromatic carbocycles. The fourth-order valence-electron chi connectivity index (χ4n) is 2.06. The maximum Gasteiger partial charge on any atom is 0.0378 e. The molecule has 1 heterocycles. The highest BCUT2D eigenvalue weighted by Gasteiger charge is 2.16. The van der Waals surface area contributed by atoms with E-state index in [-0.39, 0.29) is 0 Å². The van der Waals surface area contributed by atoms with Crippen LogP contribution < -0.4 is 5.32 Å². The molecule has 1 N–H and O–H groups in total. The van der Waals surface area contributed by atoms with Crippen molar-refractivity contribution < 1.29 is 0 Å². The lowest BCUT2D eigenvalue weighted by Crippen LogP contribution is -2.31. The van der Waals surface area contributed by atoms with Gasteiger partial charge in [-0.2, -0.15) is 0 Å². The number of rotatable bonds is 1. The third-order valence-corrected chi connectivity index (χ3v) is 2.64. The van der Waals surface area contributed by atoms with Gasteiger partial charge in [0.05, 0.1) is 0 Å². The van der Waals surface area contributed by atoms with Gasteiger partial charge in [0.1, 0.15) is 0 Å². The average Bonchev–Trinajstić information content (AvgIpc) is 2.18. The second-order valence-corrected chi connectivity index (χ2v) is 3.93. The third-order valence-electron chi connectivity index (χ3n) is 2.64. The highest BCUT2D eigenvalue weighted by molar-refractivity contribution is 5.68. The van der Waals surface area contributed by atoms with Gasteiger partial charge in [0, 0.05) is 17.3 Å². The summed E-state index contributed by atoms with van der Waals surface area (Å²) in [5, 5.41) is 3.53. The smallest absolute Gasteiger partial charge is 0.0378 e. The van der Waals surface area contributed by atoms with Crippen LogP contribution in [-0.2, 0) is 6.42 Å². The minimum absolute atomic E-state index is 0.558. The Balaban J connectivity index is 2.43. The van der Waals surface area contributed by atoms with E-state index in [2.05, 4.69) is 49.5 Å². The Hall–Kier alpha value is -1.24. The first-order valence-electron chi connectivity index (χ1n) is 5.36. The standard InChI is InChI=1S/C13H17N/c1-3-6-13-12-8-5-4-7-11(12)9-10(2)14-13/h4-8,10,14H,3,9H2,1-2H3/b13-6-. The van der Waals surface area contributed by atoms with Gasteiger partial charge in [-0.3, -0.25) is 0 Å². The lowest BCUT2D eigenvalue weighted by molar-refractivity contribution is 0.626. The maximum atomic E-state index is 3.53. The Morgan fingerprint density at radius 2 is 2.21 bits per heavy atom. The summed E-state index contributed by atoms with van der Waals surface area (Å²) < 4.78 is 0. The molecule has 1 heteroatoms. The predicted octanol–water partition coefficient (Wildman–Crippen LogP) is 2.97. The van der Waals surface area contributed by atoms with Crippen molar-refractivity contribution in [1.82, 2.24) is 5.32 Å². The van der Waals surface area contributed by atoms with Crippen molar-refractivity contribution in [2.24, 2.45) is 0 Å². The highest BCUT2D eigenvalue weighted by atomic mass is 14.9. The summed E-state index contributed by atoms with van der Waals surface area (Å²) >= 11 is 0. The second-order valence-electron chi connectivity index (χ2n) is 3.93. The zero-order valence-electron chi connectivity index (χ0n) is 8.88. The quantitative estimate of drug-likeness (QED) is 0.712. The van der Waals surface area contributed by atoms with Crippen LogP contribution in [0.1, 0.15) is 31.4 Å². The van der Waals surface area contributed by atoms with Gasteiger partial charge in [-0.15, -0.1) is 0 Å². The molecule has 0 aromatic heterocycles. The molecule has 14 heavy (non-hydrogen) atoms. The Bertz CT molecular complexity index is 352. The predicted molar refractivity (Wildman–Crippen MR) is 61.0 cm³/mol. The number of allylic oxidation sites excluding steroid dienone is 1. The van der Waals surface area contributed by atoms with E-state index in [0.29, 0.717) is 6.04 Å². The molecule has 74 valence electrons. The molecule has 0 aliphatic carbocycles. The van der Waals surface area contributed by atoms with E-state index in [1.807, 2.05) is 0 Å². The molecule has 1 nitrogen and oxygen atoms in total. The SMILES string of the molecule is CC/C=C1\NC(C)Cc2ccccc21. The van der Waals surface area contributed by atoms with Crippen LogP contribution in [0, 0.1) is 0 Å². The van der Waals surface area contributed by atoms with Gasteiger partial charge in [0.15, 0.2) is 0 Å². The molecule has 1 unspecified atom stereocenters. The van der Waals surface area contributed by atoms with Crippen LogP contribution in [0.15, 0.2) is 30.3 Å². The maximum absolute atomic E-state index is 3.53. The van der Waals surface area contributed by atoms with Crippen molar-refractivity contribution in [2.45, 2.75) is 32.7 Å². The van der Waals surface area contributed by atoms with E-state index in [9.17, 15) is 0 Å². The summed E-state index contributed by atoms with van der Waals surface area (Å²) in [6.45, 7) is 4.41. The van der Waals surface area contributed by atoms with Gasteiger partial charge >= 0.3 is 0 Å². The van der Waals surface area contributed by atoms with E-state index in [1.165, 1.54) is 16.8 Å². The Morgan fingerprint density at radius 3 is 3.00 bits per heavy atom. The van der Waals surface area contributed by atoms with E-state index in [0.717, 1.165) is 12.8 Å². The van der Waals surface area contributed by atoms with Gasteiger partial charge in [-0.1, -0.05) is 37.3 Å². The summed E-state index contributed by atoms with van der Waals surface area (Å²) in [6.07, 6.45) is 4.50. The number of hydrogen-bond donors (Lipinski definition) is 1. The number of hydrogen-bond acceptors (Lipinski definition) is 1. The van der Waals surface area contributed by atoms with E-state index >= 15 is 0 Å². The summed E-state index contributed by atoms with van der Waals surface area (Å²) in [7, 11) is 0. The topological polar surface area (TPSA) is 12.0 Å². The zero-order valence-corrected chi connectivity index (χ0v) is 8.88. The Labute approximate surface area is 85.8 Å². The van der Waals surface area contributed by atoms with Gasteiger partial charge in [-0.05, 0) is 25.3 Å². The van der Waals surface area contributed by atoms with Crippen LogP contribution in [-0.4, -0.2) is 6.04 Å². The van der Waals surface area contributed by atoms with Crippen LogP contribution in [0.4, 0.5) is 0 Å². The van der Waals surface area contributed by atoms with Gasteiger partial charge in [0.25, 0.3) is 0 Å². The van der Waals surface area contributed by atoms with E-state index in [1.54, 1.807) is 0 Å². The lowest BCUT2D eigenvalue weighted by atomic mass is 9.94. The van der Waals surface area contributed by atoms with Crippen LogP contribution in [0.3, 0.4) is 0 Å². The number of nitrogens with one attached hydrogen (secondary N) is 1. The monoisotopic (exact) mass is 187 g/mol. The number of benzene rings is 1. The second kappa shape index (κ2) is 3.87. The van der Waals surface area contributed by atoms with Crippen LogP contribution in [0.5, 0.6) is 0 Å². The van der Waals surface area contributed by atoms with Gasteiger partial charge in [0.2, 0.25) is 0 Å². The molecular formula is C13H17N. The number of fused-ring (bicyclic) bond motifs is 1. The van der Waals surface area contributed by atoms with Gasteiger partial charge in [-0.25, -0.2) is 0 Å². The lowest BCUT2D eigenvalue weighted by Gasteiger charge is -2.26. The van der Waals surface area contributed by atoms with Crippen LogP contribution in [0.2, 0.25) is 0 Å². The van der Waals surface area contributed by atoms with Crippen LogP contribution >= 0.6 is 0 Å². The Morgan fingerprint density at radius 1 is 1.43 bits per heavy atom. The van der Waals surface area contributed by atoms with Gasteiger partial charge < -0.3 is 5.32 Å². The summed E-state index contributed by atoms with van der Waals surface area (Å²) in [4.78, 5) is 0. The molecule has 0 radical (unpaired) electrons. The minimum atomic E-state index is 0.558. The molecule has 1 aliphatic heterocycles. The van der Waals surface area contributed by atoms with Crippen LogP contribution in [0.25, 0.3) is 5.70 Å². The molecule has 1 aliphatic rings. The molecule has 0 saturated heterocycles. The Kier molecular flexibility index (Phi) is 2.58. The largest absolute Gasteiger partial charge is 0.382 e. The first kappa shape index (κ1) is 9.32. The zero-order chi connectivity index (χ0) is 9.97. The summed E-state index contributed by atoms with van der Waals surface area (Å²) in [6, 6.07) is 9.23. The molecular weight excluding hydrogens is 170 g/mol. The van der Waals surface area contributed by atoms with E-state index < -0.39 is 0 Å². The van der Waals surface area contributed by atoms with Crippen molar-refractivity contribution in [2.75, 3.05) is 0 Å². The summed E-state index contributed by atoms with van der Waals surface area (Å²) in [5.74, 6) is 0. The molecule has 1 aromatic rings. The molecule has 1 atom stereocenters. The summed E-state index contributed by atoms with van der Waals surface area (Å²) in [5.41, 5.74) is 4.16. The average molecular weight is 187 g/mol.